The zero-order valence-electron chi connectivity index (χ0n) is 18.0. The van der Waals surface area contributed by atoms with E-state index in [1.54, 1.807) is 48.2 Å². The molecule has 0 aromatic heterocycles. The van der Waals surface area contributed by atoms with Crippen LogP contribution in [0.5, 0.6) is 0 Å². The van der Waals surface area contributed by atoms with E-state index in [1.807, 2.05) is 31.2 Å². The second-order valence-corrected chi connectivity index (χ2v) is 11.1. The number of halogens is 2. The molecule has 1 N–H and O–H groups in total. The molecule has 33 heavy (non-hydrogen) atoms. The second kappa shape index (κ2) is 11.8. The van der Waals surface area contributed by atoms with Crippen LogP contribution in [-0.4, -0.2) is 33.2 Å². The summed E-state index contributed by atoms with van der Waals surface area (Å²) in [7, 11) is -3.95. The average Bonchev–Trinajstić information content (AvgIpc) is 2.81. The molecule has 0 saturated heterocycles. The normalized spacial score (nSPS) is 11.2. The molecule has 0 atom stereocenters. The minimum absolute atomic E-state index is 0.105. The summed E-state index contributed by atoms with van der Waals surface area (Å²) in [6.45, 7) is 1.92. The molecule has 0 aliphatic heterocycles. The zero-order chi connectivity index (χ0) is 23.8. The Balaban J connectivity index is 1.65. The maximum Gasteiger partial charge on any atom is 0.264 e. The Labute approximate surface area is 209 Å². The average molecular weight is 524 g/mol. The van der Waals surface area contributed by atoms with Crippen molar-refractivity contribution in [2.75, 3.05) is 23.1 Å². The van der Waals surface area contributed by atoms with Crippen molar-refractivity contribution in [2.24, 2.45) is 0 Å². The van der Waals surface area contributed by atoms with Gasteiger partial charge in [-0.2, -0.15) is 0 Å². The summed E-state index contributed by atoms with van der Waals surface area (Å²) in [6, 6.07) is 20.6. The highest BCUT2D eigenvalue weighted by Gasteiger charge is 2.27. The molecule has 0 aliphatic carbocycles. The minimum Gasteiger partial charge on any atom is -0.354 e. The summed E-state index contributed by atoms with van der Waals surface area (Å²) in [5, 5.41) is 3.94. The molecular weight excluding hydrogens is 499 g/mol. The molecule has 1 amide bonds. The molecule has 0 unspecified atom stereocenters. The SMILES string of the molecule is Cc1ccc(N(CC(=O)NCCCSc2ccc(Cl)cc2)S(=O)(=O)c2ccccc2)cc1Cl. The number of rotatable bonds is 10. The predicted molar refractivity (Wildman–Crippen MR) is 137 cm³/mol. The van der Waals surface area contributed by atoms with Crippen molar-refractivity contribution in [1.29, 1.82) is 0 Å². The number of amides is 1. The van der Waals surface area contributed by atoms with E-state index in [4.69, 9.17) is 23.2 Å². The van der Waals surface area contributed by atoms with E-state index in [1.165, 1.54) is 12.1 Å². The third kappa shape index (κ3) is 7.14. The van der Waals surface area contributed by atoms with E-state index >= 15 is 0 Å². The van der Waals surface area contributed by atoms with Crippen LogP contribution in [0.3, 0.4) is 0 Å². The molecule has 0 spiro atoms. The van der Waals surface area contributed by atoms with E-state index in [0.717, 1.165) is 26.9 Å². The Hall–Kier alpha value is -2.19. The number of anilines is 1. The molecule has 0 saturated carbocycles. The quantitative estimate of drug-likeness (QED) is 0.270. The maximum absolute atomic E-state index is 13.3. The molecule has 3 aromatic rings. The van der Waals surface area contributed by atoms with Crippen molar-refractivity contribution in [2.45, 2.75) is 23.1 Å². The van der Waals surface area contributed by atoms with E-state index in [9.17, 15) is 13.2 Å². The lowest BCUT2D eigenvalue weighted by molar-refractivity contribution is -0.119. The Bertz CT molecular complexity index is 1190. The van der Waals surface area contributed by atoms with Crippen molar-refractivity contribution >= 4 is 56.6 Å². The van der Waals surface area contributed by atoms with Crippen LogP contribution in [0.1, 0.15) is 12.0 Å². The molecule has 3 aromatic carbocycles. The van der Waals surface area contributed by atoms with Gasteiger partial charge < -0.3 is 5.32 Å². The van der Waals surface area contributed by atoms with Gasteiger partial charge in [-0.1, -0.05) is 47.5 Å². The summed E-state index contributed by atoms with van der Waals surface area (Å²) in [5.74, 6) is 0.421. The van der Waals surface area contributed by atoms with E-state index < -0.39 is 10.0 Å². The number of carbonyl (C=O) groups excluding carboxylic acids is 1. The van der Waals surface area contributed by atoms with Crippen molar-refractivity contribution in [3.05, 3.63) is 88.4 Å². The van der Waals surface area contributed by atoms with E-state index in [-0.39, 0.29) is 17.3 Å². The number of carbonyl (C=O) groups is 1. The van der Waals surface area contributed by atoms with Gasteiger partial charge in [-0.15, -0.1) is 11.8 Å². The first kappa shape index (κ1) is 25.4. The molecule has 9 heteroatoms. The Morgan fingerprint density at radius 1 is 1.00 bits per heavy atom. The molecule has 3 rings (SSSR count). The fourth-order valence-corrected chi connectivity index (χ4v) is 5.57. The number of thioether (sulfide) groups is 1. The molecule has 0 bridgehead atoms. The lowest BCUT2D eigenvalue weighted by atomic mass is 10.2. The Kier molecular flexibility index (Phi) is 9.09. The van der Waals surface area contributed by atoms with Gasteiger partial charge in [-0.05, 0) is 73.2 Å². The van der Waals surface area contributed by atoms with Gasteiger partial charge in [0.1, 0.15) is 6.54 Å². The van der Waals surface area contributed by atoms with Gasteiger partial charge >= 0.3 is 0 Å². The van der Waals surface area contributed by atoms with Crippen LogP contribution in [-0.2, 0) is 14.8 Å². The number of sulfonamides is 1. The number of benzene rings is 3. The number of hydrogen-bond acceptors (Lipinski definition) is 4. The van der Waals surface area contributed by atoms with Crippen molar-refractivity contribution < 1.29 is 13.2 Å². The van der Waals surface area contributed by atoms with Crippen LogP contribution >= 0.6 is 35.0 Å². The molecule has 0 radical (unpaired) electrons. The van der Waals surface area contributed by atoms with Gasteiger partial charge in [0.2, 0.25) is 5.91 Å². The van der Waals surface area contributed by atoms with Crippen molar-refractivity contribution in [1.82, 2.24) is 5.32 Å². The first-order valence-electron chi connectivity index (χ1n) is 10.3. The van der Waals surface area contributed by atoms with Crippen LogP contribution in [0.2, 0.25) is 10.0 Å². The lowest BCUT2D eigenvalue weighted by Crippen LogP contribution is -2.41. The smallest absolute Gasteiger partial charge is 0.264 e. The van der Waals surface area contributed by atoms with Gasteiger partial charge in [-0.25, -0.2) is 8.42 Å². The largest absolute Gasteiger partial charge is 0.354 e. The summed E-state index contributed by atoms with van der Waals surface area (Å²) < 4.78 is 27.7. The van der Waals surface area contributed by atoms with Gasteiger partial charge in [0, 0.05) is 21.5 Å². The highest BCUT2D eigenvalue weighted by Crippen LogP contribution is 2.28. The summed E-state index contributed by atoms with van der Waals surface area (Å²) in [4.78, 5) is 13.9. The van der Waals surface area contributed by atoms with Gasteiger partial charge in [-0.3, -0.25) is 9.10 Å². The second-order valence-electron chi connectivity index (χ2n) is 7.26. The molecule has 0 fully saturated rings. The molecule has 0 aliphatic rings. The Morgan fingerprint density at radius 2 is 1.70 bits per heavy atom. The van der Waals surface area contributed by atoms with Crippen molar-refractivity contribution in [3.8, 4) is 0 Å². The van der Waals surface area contributed by atoms with Crippen LogP contribution in [0.4, 0.5) is 5.69 Å². The Morgan fingerprint density at radius 3 is 2.36 bits per heavy atom. The summed E-state index contributed by atoms with van der Waals surface area (Å²) in [5.41, 5.74) is 1.16. The van der Waals surface area contributed by atoms with Crippen molar-refractivity contribution in [3.63, 3.8) is 0 Å². The third-order valence-electron chi connectivity index (χ3n) is 4.79. The first-order valence-corrected chi connectivity index (χ1v) is 13.4. The molecule has 174 valence electrons. The van der Waals surface area contributed by atoms with Gasteiger partial charge in [0.05, 0.1) is 10.6 Å². The van der Waals surface area contributed by atoms with Gasteiger partial charge in [0.15, 0.2) is 0 Å². The molecule has 0 heterocycles. The standard InChI is InChI=1S/C24H24Cl2N2O3S2/c1-18-8-11-20(16-23(18)26)28(33(30,31)22-6-3-2-4-7-22)17-24(29)27-14-5-15-32-21-12-9-19(25)10-13-21/h2-4,6-13,16H,5,14-15,17H2,1H3,(H,27,29). The maximum atomic E-state index is 13.3. The minimum atomic E-state index is -3.95. The topological polar surface area (TPSA) is 66.5 Å². The monoisotopic (exact) mass is 522 g/mol. The van der Waals surface area contributed by atoms with Crippen LogP contribution < -0.4 is 9.62 Å². The van der Waals surface area contributed by atoms with Gasteiger partial charge in [0.25, 0.3) is 10.0 Å². The summed E-state index contributed by atoms with van der Waals surface area (Å²) in [6.07, 6.45) is 0.737. The highest BCUT2D eigenvalue weighted by atomic mass is 35.5. The zero-order valence-corrected chi connectivity index (χ0v) is 21.1. The highest BCUT2D eigenvalue weighted by molar-refractivity contribution is 7.99. The lowest BCUT2D eigenvalue weighted by Gasteiger charge is -2.24. The third-order valence-corrected chi connectivity index (χ3v) is 8.33. The number of hydrogen-bond donors (Lipinski definition) is 1. The fourth-order valence-electron chi connectivity index (χ4n) is 2.98. The number of nitrogens with zero attached hydrogens (tertiary/aromatic N) is 1. The number of nitrogens with one attached hydrogen (secondary N) is 1. The van der Waals surface area contributed by atoms with Crippen LogP contribution in [0.15, 0.2) is 82.6 Å². The van der Waals surface area contributed by atoms with E-state index in [2.05, 4.69) is 5.32 Å². The predicted octanol–water partition coefficient (Wildman–Crippen LogP) is 5.80. The number of aryl methyl sites for hydroxylation is 1. The van der Waals surface area contributed by atoms with Crippen LogP contribution in [0, 0.1) is 6.92 Å². The first-order chi connectivity index (χ1) is 15.8. The fraction of sp³-hybridized carbons (Fsp3) is 0.208. The van der Waals surface area contributed by atoms with E-state index in [0.29, 0.717) is 22.3 Å². The summed E-state index contributed by atoms with van der Waals surface area (Å²) >= 11 is 13.8. The molecule has 5 nitrogen and oxygen atoms in total. The molecular formula is C24H24Cl2N2O3S2. The van der Waals surface area contributed by atoms with Crippen LogP contribution in [0.25, 0.3) is 0 Å².